The molecule has 4 aromatic rings. The largest absolute Gasteiger partial charge is 0.440 e. The Morgan fingerprint density at radius 1 is 0.926 bits per heavy atom. The molecule has 0 aliphatic carbocycles. The van der Waals surface area contributed by atoms with E-state index < -0.39 is 0 Å². The molecular weight excluding hydrogens is 403 g/mol. The number of thioether (sulfide) groups is 1. The van der Waals surface area contributed by atoms with E-state index in [1.165, 1.54) is 11.8 Å². The van der Waals surface area contributed by atoms with Crippen molar-refractivity contribution in [2.45, 2.75) is 10.9 Å². The van der Waals surface area contributed by atoms with Crippen molar-refractivity contribution in [3.8, 4) is 22.7 Å². The van der Waals surface area contributed by atoms with Crippen molar-refractivity contribution in [1.29, 1.82) is 0 Å². The monoisotopic (exact) mass is 416 g/mol. The van der Waals surface area contributed by atoms with Gasteiger partial charge in [0.1, 0.15) is 0 Å². The molecule has 0 saturated carbocycles. The SMILES string of the molecule is Cn1c(SCc2ncc(-c3ccc(Cl)cc3)o2)nnc1-c1ccc(Cl)cc1. The zero-order chi connectivity index (χ0) is 18.8. The third-order valence-electron chi connectivity index (χ3n) is 3.94. The van der Waals surface area contributed by atoms with Crippen LogP contribution in [0.4, 0.5) is 0 Å². The fourth-order valence-electron chi connectivity index (χ4n) is 2.54. The summed E-state index contributed by atoms with van der Waals surface area (Å²) in [5.41, 5.74) is 1.90. The van der Waals surface area contributed by atoms with Crippen molar-refractivity contribution in [2.75, 3.05) is 0 Å². The Bertz CT molecular complexity index is 1060. The van der Waals surface area contributed by atoms with Gasteiger partial charge in [0.2, 0.25) is 5.89 Å². The predicted octanol–water partition coefficient (Wildman–Crippen LogP) is 5.74. The fraction of sp³-hybridized carbons (Fsp3) is 0.105. The van der Waals surface area contributed by atoms with E-state index in [0.717, 1.165) is 22.1 Å². The van der Waals surface area contributed by atoms with Crippen molar-refractivity contribution in [3.63, 3.8) is 0 Å². The van der Waals surface area contributed by atoms with Gasteiger partial charge in [-0.05, 0) is 48.5 Å². The van der Waals surface area contributed by atoms with Crippen LogP contribution in [0.15, 0.2) is 64.3 Å². The van der Waals surface area contributed by atoms with Crippen LogP contribution >= 0.6 is 35.0 Å². The lowest BCUT2D eigenvalue weighted by atomic mass is 10.2. The average molecular weight is 417 g/mol. The highest BCUT2D eigenvalue weighted by Gasteiger charge is 2.13. The minimum atomic E-state index is 0.556. The van der Waals surface area contributed by atoms with E-state index in [9.17, 15) is 0 Å². The minimum Gasteiger partial charge on any atom is -0.440 e. The molecule has 0 fully saturated rings. The maximum atomic E-state index is 5.94. The number of rotatable bonds is 5. The second kappa shape index (κ2) is 7.76. The second-order valence-electron chi connectivity index (χ2n) is 5.79. The van der Waals surface area contributed by atoms with Gasteiger partial charge in [-0.15, -0.1) is 10.2 Å². The number of benzene rings is 2. The summed E-state index contributed by atoms with van der Waals surface area (Å²) in [5, 5.41) is 10.7. The van der Waals surface area contributed by atoms with Crippen LogP contribution in [0.2, 0.25) is 10.0 Å². The summed E-state index contributed by atoms with van der Waals surface area (Å²) < 4.78 is 7.77. The topological polar surface area (TPSA) is 56.7 Å². The Morgan fingerprint density at radius 2 is 1.56 bits per heavy atom. The van der Waals surface area contributed by atoms with Gasteiger partial charge in [0.05, 0.1) is 11.9 Å². The highest BCUT2D eigenvalue weighted by atomic mass is 35.5. The maximum Gasteiger partial charge on any atom is 0.205 e. The molecule has 0 aliphatic rings. The van der Waals surface area contributed by atoms with E-state index in [1.807, 2.05) is 60.1 Å². The third-order valence-corrected chi connectivity index (χ3v) is 5.45. The molecule has 2 aromatic heterocycles. The van der Waals surface area contributed by atoms with Crippen molar-refractivity contribution in [1.82, 2.24) is 19.7 Å². The number of aromatic nitrogens is 4. The van der Waals surface area contributed by atoms with Gasteiger partial charge in [-0.2, -0.15) is 0 Å². The summed E-state index contributed by atoms with van der Waals surface area (Å²) in [6.07, 6.45) is 1.72. The molecule has 0 amide bonds. The van der Waals surface area contributed by atoms with Gasteiger partial charge in [0, 0.05) is 28.2 Å². The maximum absolute atomic E-state index is 5.94. The van der Waals surface area contributed by atoms with Crippen LogP contribution in [0.25, 0.3) is 22.7 Å². The number of halogens is 2. The van der Waals surface area contributed by atoms with Crippen molar-refractivity contribution in [3.05, 3.63) is 70.7 Å². The van der Waals surface area contributed by atoms with E-state index in [2.05, 4.69) is 15.2 Å². The van der Waals surface area contributed by atoms with Crippen molar-refractivity contribution in [2.24, 2.45) is 7.05 Å². The van der Waals surface area contributed by atoms with Crippen LogP contribution in [0, 0.1) is 0 Å². The molecule has 5 nitrogen and oxygen atoms in total. The van der Waals surface area contributed by atoms with Crippen LogP contribution in [0.3, 0.4) is 0 Å². The van der Waals surface area contributed by atoms with Gasteiger partial charge in [0.25, 0.3) is 0 Å². The standard InChI is InChI=1S/C19H14Cl2N4OS/c1-25-18(13-4-8-15(21)9-5-13)23-24-19(25)27-11-17-22-10-16(26-17)12-2-6-14(20)7-3-12/h2-10H,11H2,1H3. The van der Waals surface area contributed by atoms with Crippen LogP contribution < -0.4 is 0 Å². The Balaban J connectivity index is 1.46. The Hall–Kier alpha value is -2.28. The smallest absolute Gasteiger partial charge is 0.205 e. The summed E-state index contributed by atoms with van der Waals surface area (Å²) in [7, 11) is 1.93. The molecule has 27 heavy (non-hydrogen) atoms. The number of nitrogens with zero attached hydrogens (tertiary/aromatic N) is 4. The molecule has 0 aliphatic heterocycles. The summed E-state index contributed by atoms with van der Waals surface area (Å²) in [6.45, 7) is 0. The molecule has 2 heterocycles. The first-order valence-electron chi connectivity index (χ1n) is 8.09. The Kier molecular flexibility index (Phi) is 5.20. The Morgan fingerprint density at radius 3 is 2.22 bits per heavy atom. The zero-order valence-electron chi connectivity index (χ0n) is 14.3. The lowest BCUT2D eigenvalue weighted by Gasteiger charge is -2.03. The number of hydrogen-bond acceptors (Lipinski definition) is 5. The molecule has 0 unspecified atom stereocenters. The zero-order valence-corrected chi connectivity index (χ0v) is 16.6. The first-order chi connectivity index (χ1) is 13.1. The quantitative estimate of drug-likeness (QED) is 0.388. The van der Waals surface area contributed by atoms with E-state index in [-0.39, 0.29) is 0 Å². The molecule has 136 valence electrons. The molecule has 4 rings (SSSR count). The third kappa shape index (κ3) is 4.03. The molecule has 0 radical (unpaired) electrons. The van der Waals surface area contributed by atoms with Gasteiger partial charge >= 0.3 is 0 Å². The van der Waals surface area contributed by atoms with Crippen LogP contribution in [-0.4, -0.2) is 19.7 Å². The molecule has 8 heteroatoms. The second-order valence-corrected chi connectivity index (χ2v) is 7.60. The summed E-state index contributed by atoms with van der Waals surface area (Å²) >= 11 is 13.4. The highest BCUT2D eigenvalue weighted by Crippen LogP contribution is 2.28. The van der Waals surface area contributed by atoms with Gasteiger partial charge in [-0.3, -0.25) is 0 Å². The average Bonchev–Trinajstić information content (AvgIpc) is 3.28. The van der Waals surface area contributed by atoms with Crippen molar-refractivity contribution >= 4 is 35.0 Å². The highest BCUT2D eigenvalue weighted by molar-refractivity contribution is 7.98. The summed E-state index contributed by atoms with van der Waals surface area (Å²) in [6, 6.07) is 15.0. The van der Waals surface area contributed by atoms with Crippen LogP contribution in [0.1, 0.15) is 5.89 Å². The van der Waals surface area contributed by atoms with E-state index in [0.29, 0.717) is 27.4 Å². The predicted molar refractivity (Wildman–Crippen MR) is 108 cm³/mol. The van der Waals surface area contributed by atoms with E-state index >= 15 is 0 Å². The molecule has 0 bridgehead atoms. The molecule has 0 N–H and O–H groups in total. The molecule has 2 aromatic carbocycles. The number of oxazole rings is 1. The first-order valence-corrected chi connectivity index (χ1v) is 9.83. The Labute approximate surface area is 170 Å². The van der Waals surface area contributed by atoms with Gasteiger partial charge in [-0.1, -0.05) is 35.0 Å². The lowest BCUT2D eigenvalue weighted by Crippen LogP contribution is -1.95. The first kappa shape index (κ1) is 18.1. The normalized spacial score (nSPS) is 11.1. The van der Waals surface area contributed by atoms with Crippen molar-refractivity contribution < 1.29 is 4.42 Å². The molecule has 0 spiro atoms. The molecule has 0 saturated heterocycles. The van der Waals surface area contributed by atoms with Gasteiger partial charge < -0.3 is 8.98 Å². The number of hydrogen-bond donors (Lipinski definition) is 0. The molecule has 0 atom stereocenters. The van der Waals surface area contributed by atoms with Crippen LogP contribution in [0.5, 0.6) is 0 Å². The van der Waals surface area contributed by atoms with E-state index in [1.54, 1.807) is 6.20 Å². The van der Waals surface area contributed by atoms with Crippen LogP contribution in [-0.2, 0) is 12.8 Å². The van der Waals surface area contributed by atoms with Gasteiger partial charge in [-0.25, -0.2) is 4.98 Å². The fourth-order valence-corrected chi connectivity index (χ4v) is 3.56. The van der Waals surface area contributed by atoms with E-state index in [4.69, 9.17) is 27.6 Å². The summed E-state index contributed by atoms with van der Waals surface area (Å²) in [5.74, 6) is 2.67. The minimum absolute atomic E-state index is 0.556. The molecular formula is C19H14Cl2N4OS. The lowest BCUT2D eigenvalue weighted by molar-refractivity contribution is 0.529. The summed E-state index contributed by atoms with van der Waals surface area (Å²) in [4.78, 5) is 4.34. The van der Waals surface area contributed by atoms with Gasteiger partial charge in [0.15, 0.2) is 16.7 Å².